The average molecular weight is 296 g/mol. The minimum atomic E-state index is -5.61. The Balaban J connectivity index is 2.31. The molecule has 0 spiro atoms. The SMILES string of the molecule is Cc1ccc2c(c1)OCCC2OS(=O)(=O)C(F)(F)F. The molecule has 4 nitrogen and oxygen atoms in total. The van der Waals surface area contributed by atoms with Crippen LogP contribution in [0, 0.1) is 6.92 Å². The van der Waals surface area contributed by atoms with E-state index in [1.165, 1.54) is 6.07 Å². The van der Waals surface area contributed by atoms with Crippen molar-refractivity contribution in [3.05, 3.63) is 29.3 Å². The highest BCUT2D eigenvalue weighted by atomic mass is 32.2. The molecule has 1 heterocycles. The summed E-state index contributed by atoms with van der Waals surface area (Å²) >= 11 is 0. The van der Waals surface area contributed by atoms with E-state index in [9.17, 15) is 21.6 Å². The van der Waals surface area contributed by atoms with E-state index in [4.69, 9.17) is 4.74 Å². The summed E-state index contributed by atoms with van der Waals surface area (Å²) in [6.07, 6.45) is -1.12. The van der Waals surface area contributed by atoms with Gasteiger partial charge in [0.05, 0.1) is 6.61 Å². The third-order valence-electron chi connectivity index (χ3n) is 2.68. The summed E-state index contributed by atoms with van der Waals surface area (Å²) in [5, 5.41) is 0. The van der Waals surface area contributed by atoms with Gasteiger partial charge in [-0.05, 0) is 18.6 Å². The van der Waals surface area contributed by atoms with Gasteiger partial charge in [-0.2, -0.15) is 21.6 Å². The summed E-state index contributed by atoms with van der Waals surface area (Å²) in [5.41, 5.74) is -4.25. The van der Waals surface area contributed by atoms with Gasteiger partial charge >= 0.3 is 15.6 Å². The Morgan fingerprint density at radius 1 is 1.37 bits per heavy atom. The fourth-order valence-electron chi connectivity index (χ4n) is 1.77. The van der Waals surface area contributed by atoms with Gasteiger partial charge in [-0.25, -0.2) is 0 Å². The second-order valence-electron chi connectivity index (χ2n) is 4.16. The van der Waals surface area contributed by atoms with Crippen LogP contribution in [0.5, 0.6) is 5.75 Å². The van der Waals surface area contributed by atoms with Crippen LogP contribution >= 0.6 is 0 Å². The van der Waals surface area contributed by atoms with Crippen LogP contribution in [-0.4, -0.2) is 20.5 Å². The second kappa shape index (κ2) is 4.68. The Morgan fingerprint density at radius 3 is 2.68 bits per heavy atom. The van der Waals surface area contributed by atoms with Gasteiger partial charge in [0.25, 0.3) is 0 Å². The number of halogens is 3. The fraction of sp³-hybridized carbons (Fsp3) is 0.455. The molecule has 1 aliphatic heterocycles. The lowest BCUT2D eigenvalue weighted by Crippen LogP contribution is -2.29. The summed E-state index contributed by atoms with van der Waals surface area (Å²) in [4.78, 5) is 0. The number of alkyl halides is 3. The van der Waals surface area contributed by atoms with E-state index >= 15 is 0 Å². The summed E-state index contributed by atoms with van der Waals surface area (Å²) < 4.78 is 68.4. The van der Waals surface area contributed by atoms with E-state index in [2.05, 4.69) is 4.18 Å². The average Bonchev–Trinajstić information content (AvgIpc) is 2.26. The number of aryl methyl sites for hydroxylation is 1. The summed E-state index contributed by atoms with van der Waals surface area (Å²) in [7, 11) is -5.61. The predicted molar refractivity (Wildman–Crippen MR) is 60.1 cm³/mol. The normalized spacial score (nSPS) is 19.7. The largest absolute Gasteiger partial charge is 0.523 e. The Morgan fingerprint density at radius 2 is 2.05 bits per heavy atom. The Hall–Kier alpha value is -1.28. The third-order valence-corrected chi connectivity index (χ3v) is 3.73. The maximum absolute atomic E-state index is 12.3. The Kier molecular flexibility index (Phi) is 3.48. The van der Waals surface area contributed by atoms with Crippen LogP contribution in [0.1, 0.15) is 23.7 Å². The van der Waals surface area contributed by atoms with Crippen molar-refractivity contribution in [1.82, 2.24) is 0 Å². The van der Waals surface area contributed by atoms with Crippen LogP contribution < -0.4 is 4.74 Å². The topological polar surface area (TPSA) is 52.6 Å². The van der Waals surface area contributed by atoms with Crippen molar-refractivity contribution in [2.24, 2.45) is 0 Å². The van der Waals surface area contributed by atoms with Gasteiger partial charge in [-0.15, -0.1) is 0 Å². The molecule has 0 radical (unpaired) electrons. The van der Waals surface area contributed by atoms with Crippen LogP contribution in [0.15, 0.2) is 18.2 Å². The molecule has 1 atom stereocenters. The van der Waals surface area contributed by atoms with E-state index in [0.717, 1.165) is 5.56 Å². The van der Waals surface area contributed by atoms with E-state index in [0.29, 0.717) is 11.3 Å². The molecule has 1 aliphatic rings. The predicted octanol–water partition coefficient (Wildman–Crippen LogP) is 2.68. The molecule has 1 aromatic rings. The van der Waals surface area contributed by atoms with Crippen molar-refractivity contribution in [3.8, 4) is 5.75 Å². The lowest BCUT2D eigenvalue weighted by molar-refractivity contribution is -0.0587. The molecule has 0 amide bonds. The lowest BCUT2D eigenvalue weighted by atomic mass is 10.0. The van der Waals surface area contributed by atoms with Crippen LogP contribution in [0.3, 0.4) is 0 Å². The minimum absolute atomic E-state index is 0.0470. The summed E-state index contributed by atoms with van der Waals surface area (Å²) in [6.45, 7) is 1.90. The first kappa shape index (κ1) is 14.1. The van der Waals surface area contributed by atoms with Gasteiger partial charge < -0.3 is 4.74 Å². The molecule has 1 unspecified atom stereocenters. The maximum atomic E-state index is 12.3. The molecule has 19 heavy (non-hydrogen) atoms. The highest BCUT2D eigenvalue weighted by Crippen LogP contribution is 2.38. The zero-order valence-electron chi connectivity index (χ0n) is 9.90. The smallest absolute Gasteiger partial charge is 0.493 e. The maximum Gasteiger partial charge on any atom is 0.523 e. The number of hydrogen-bond acceptors (Lipinski definition) is 4. The molecule has 8 heteroatoms. The zero-order chi connectivity index (χ0) is 14.3. The molecule has 0 aliphatic carbocycles. The number of fused-ring (bicyclic) bond motifs is 1. The Bertz CT molecular complexity index is 580. The minimum Gasteiger partial charge on any atom is -0.493 e. The molecule has 0 saturated heterocycles. The molecule has 0 bridgehead atoms. The van der Waals surface area contributed by atoms with Crippen LogP contribution in [0.4, 0.5) is 13.2 Å². The van der Waals surface area contributed by atoms with Crippen molar-refractivity contribution in [1.29, 1.82) is 0 Å². The highest BCUT2D eigenvalue weighted by Gasteiger charge is 2.49. The van der Waals surface area contributed by atoms with E-state index < -0.39 is 21.7 Å². The molecule has 0 N–H and O–H groups in total. The van der Waals surface area contributed by atoms with Gasteiger partial charge in [-0.3, -0.25) is 4.18 Å². The van der Waals surface area contributed by atoms with Crippen LogP contribution in [-0.2, 0) is 14.3 Å². The van der Waals surface area contributed by atoms with Crippen LogP contribution in [0.2, 0.25) is 0 Å². The van der Waals surface area contributed by atoms with E-state index in [1.807, 2.05) is 0 Å². The molecule has 0 saturated carbocycles. The van der Waals surface area contributed by atoms with Gasteiger partial charge in [0.2, 0.25) is 0 Å². The first-order valence-corrected chi connectivity index (χ1v) is 6.84. The van der Waals surface area contributed by atoms with Gasteiger partial charge in [0.1, 0.15) is 11.9 Å². The van der Waals surface area contributed by atoms with Crippen molar-refractivity contribution in [3.63, 3.8) is 0 Å². The van der Waals surface area contributed by atoms with E-state index in [-0.39, 0.29) is 13.0 Å². The molecular weight excluding hydrogens is 285 g/mol. The lowest BCUT2D eigenvalue weighted by Gasteiger charge is -2.26. The first-order valence-electron chi connectivity index (χ1n) is 5.43. The monoisotopic (exact) mass is 296 g/mol. The summed E-state index contributed by atoms with van der Waals surface area (Å²) in [5.74, 6) is 0.355. The molecule has 0 fully saturated rings. The van der Waals surface area contributed by atoms with Crippen molar-refractivity contribution < 1.29 is 30.5 Å². The van der Waals surface area contributed by atoms with Crippen molar-refractivity contribution in [2.75, 3.05) is 6.61 Å². The van der Waals surface area contributed by atoms with Crippen LogP contribution in [0.25, 0.3) is 0 Å². The molecule has 2 rings (SSSR count). The summed E-state index contributed by atoms with van der Waals surface area (Å²) in [6, 6.07) is 4.80. The number of rotatable bonds is 2. The van der Waals surface area contributed by atoms with Gasteiger partial charge in [-0.1, -0.05) is 12.1 Å². The number of hydrogen-bond donors (Lipinski definition) is 0. The standard InChI is InChI=1S/C11H11F3O4S/c1-7-2-3-8-9(4-5-17-10(8)6-7)18-19(15,16)11(12,13)14/h2-3,6,9H,4-5H2,1H3. The third kappa shape index (κ3) is 2.84. The second-order valence-corrected chi connectivity index (χ2v) is 5.73. The first-order chi connectivity index (χ1) is 8.71. The fourth-order valence-corrected chi connectivity index (χ4v) is 2.39. The van der Waals surface area contributed by atoms with E-state index in [1.54, 1.807) is 19.1 Å². The quantitative estimate of drug-likeness (QED) is 0.622. The Labute approximate surface area is 108 Å². The van der Waals surface area contributed by atoms with Crippen molar-refractivity contribution in [2.45, 2.75) is 25.0 Å². The molecule has 106 valence electrons. The van der Waals surface area contributed by atoms with Gasteiger partial charge in [0.15, 0.2) is 0 Å². The number of ether oxygens (including phenoxy) is 1. The van der Waals surface area contributed by atoms with Crippen molar-refractivity contribution >= 4 is 10.1 Å². The van der Waals surface area contributed by atoms with Gasteiger partial charge in [0, 0.05) is 12.0 Å². The zero-order valence-corrected chi connectivity index (χ0v) is 10.7. The molecule has 1 aromatic carbocycles. The highest BCUT2D eigenvalue weighted by molar-refractivity contribution is 7.87. The molecular formula is C11H11F3O4S. The number of benzene rings is 1. The molecule has 0 aromatic heterocycles.